The Bertz CT molecular complexity index is 847. The van der Waals surface area contributed by atoms with Crippen LogP contribution in [0.5, 0.6) is 5.75 Å². The summed E-state index contributed by atoms with van der Waals surface area (Å²) in [5.74, 6) is -0.967. The Morgan fingerprint density at radius 2 is 1.96 bits per heavy atom. The molecule has 7 nitrogen and oxygen atoms in total. The molecular weight excluding hydrogens is 336 g/mol. The third kappa shape index (κ3) is 3.66. The van der Waals surface area contributed by atoms with Gasteiger partial charge in [0.2, 0.25) is 5.91 Å². The number of rotatable bonds is 6. The highest BCUT2D eigenvalue weighted by Crippen LogP contribution is 2.27. The lowest BCUT2D eigenvalue weighted by molar-refractivity contribution is -0.136. The second-order valence-electron chi connectivity index (χ2n) is 5.94. The van der Waals surface area contributed by atoms with Gasteiger partial charge in [-0.2, -0.15) is 0 Å². The predicted octanol–water partition coefficient (Wildman–Crippen LogP) is 2.07. The number of carboxylic acid groups (broad SMARTS) is 1. The molecule has 2 amide bonds. The molecule has 26 heavy (non-hydrogen) atoms. The van der Waals surface area contributed by atoms with E-state index in [1.165, 1.54) is 7.11 Å². The Hall–Kier alpha value is -3.35. The van der Waals surface area contributed by atoms with Gasteiger partial charge in [0.15, 0.2) is 0 Å². The van der Waals surface area contributed by atoms with E-state index in [0.29, 0.717) is 22.7 Å². The minimum Gasteiger partial charge on any atom is -0.497 e. The Labute approximate surface area is 150 Å². The number of imide groups is 1. The molecule has 1 aliphatic heterocycles. The maximum absolute atomic E-state index is 12.7. The molecule has 0 saturated carbocycles. The zero-order valence-electron chi connectivity index (χ0n) is 14.1. The molecule has 1 heterocycles. The maximum atomic E-state index is 12.7. The number of aliphatic carboxylic acids is 1. The van der Waals surface area contributed by atoms with Crippen molar-refractivity contribution in [3.8, 4) is 5.75 Å². The molecule has 3 rings (SSSR count). The van der Waals surface area contributed by atoms with Crippen molar-refractivity contribution in [2.45, 2.75) is 18.9 Å². The Morgan fingerprint density at radius 1 is 1.23 bits per heavy atom. The van der Waals surface area contributed by atoms with E-state index in [-0.39, 0.29) is 24.7 Å². The SMILES string of the molecule is COc1cccc(N2C(=O)C[C@H](Nc3ccc(CC(=O)O)cc3)C2=O)c1. The van der Waals surface area contributed by atoms with Crippen molar-refractivity contribution in [3.05, 3.63) is 54.1 Å². The molecule has 0 unspecified atom stereocenters. The van der Waals surface area contributed by atoms with E-state index in [9.17, 15) is 14.4 Å². The number of amides is 2. The van der Waals surface area contributed by atoms with Crippen LogP contribution in [0.4, 0.5) is 11.4 Å². The molecule has 1 atom stereocenters. The van der Waals surface area contributed by atoms with Crippen LogP contribution in [0.25, 0.3) is 0 Å². The van der Waals surface area contributed by atoms with Crippen molar-refractivity contribution in [1.82, 2.24) is 0 Å². The van der Waals surface area contributed by atoms with Crippen molar-refractivity contribution < 1.29 is 24.2 Å². The van der Waals surface area contributed by atoms with E-state index in [4.69, 9.17) is 9.84 Å². The number of nitrogens with one attached hydrogen (secondary N) is 1. The second kappa shape index (κ2) is 7.26. The standard InChI is InChI=1S/C19H18N2O5/c1-26-15-4-2-3-14(10-15)21-17(22)11-16(19(21)25)20-13-7-5-12(6-8-13)9-18(23)24/h2-8,10,16,20H,9,11H2,1H3,(H,23,24)/t16-/m0/s1. The van der Waals surface area contributed by atoms with Crippen molar-refractivity contribution in [1.29, 1.82) is 0 Å². The van der Waals surface area contributed by atoms with Crippen molar-refractivity contribution in [3.63, 3.8) is 0 Å². The topological polar surface area (TPSA) is 95.9 Å². The third-order valence-corrected chi connectivity index (χ3v) is 4.11. The van der Waals surface area contributed by atoms with Crippen LogP contribution < -0.4 is 15.0 Å². The fourth-order valence-electron chi connectivity index (χ4n) is 2.86. The number of carbonyl (C=O) groups excluding carboxylic acids is 2. The lowest BCUT2D eigenvalue weighted by atomic mass is 10.1. The van der Waals surface area contributed by atoms with Gasteiger partial charge in [-0.15, -0.1) is 0 Å². The molecule has 0 aromatic heterocycles. The number of carboxylic acids is 1. The van der Waals surface area contributed by atoms with E-state index >= 15 is 0 Å². The summed E-state index contributed by atoms with van der Waals surface area (Å²) in [6, 6.07) is 12.9. The zero-order valence-corrected chi connectivity index (χ0v) is 14.1. The minimum atomic E-state index is -0.906. The monoisotopic (exact) mass is 354 g/mol. The number of hydrogen-bond acceptors (Lipinski definition) is 5. The molecule has 0 radical (unpaired) electrons. The van der Waals surface area contributed by atoms with Crippen LogP contribution in [0.2, 0.25) is 0 Å². The van der Waals surface area contributed by atoms with Crippen LogP contribution in [0.1, 0.15) is 12.0 Å². The number of ether oxygens (including phenoxy) is 1. The third-order valence-electron chi connectivity index (χ3n) is 4.11. The Morgan fingerprint density at radius 3 is 2.62 bits per heavy atom. The first-order valence-corrected chi connectivity index (χ1v) is 8.06. The highest BCUT2D eigenvalue weighted by Gasteiger charge is 2.39. The Kier molecular flexibility index (Phi) is 4.88. The molecule has 134 valence electrons. The van der Waals surface area contributed by atoms with Gasteiger partial charge >= 0.3 is 5.97 Å². The van der Waals surface area contributed by atoms with Crippen LogP contribution in [0.15, 0.2) is 48.5 Å². The van der Waals surface area contributed by atoms with Crippen molar-refractivity contribution in [2.75, 3.05) is 17.3 Å². The number of nitrogens with zero attached hydrogens (tertiary/aromatic N) is 1. The van der Waals surface area contributed by atoms with Crippen molar-refractivity contribution >= 4 is 29.2 Å². The van der Waals surface area contributed by atoms with Gasteiger partial charge in [0.1, 0.15) is 11.8 Å². The summed E-state index contributed by atoms with van der Waals surface area (Å²) in [7, 11) is 1.52. The van der Waals surface area contributed by atoms with E-state index in [2.05, 4.69) is 5.32 Å². The first-order chi connectivity index (χ1) is 12.5. The quantitative estimate of drug-likeness (QED) is 0.771. The summed E-state index contributed by atoms with van der Waals surface area (Å²) in [6.45, 7) is 0. The summed E-state index contributed by atoms with van der Waals surface area (Å²) < 4.78 is 5.14. The lowest BCUT2D eigenvalue weighted by Gasteiger charge is -2.17. The zero-order chi connectivity index (χ0) is 18.7. The van der Waals surface area contributed by atoms with Gasteiger partial charge in [-0.1, -0.05) is 18.2 Å². The van der Waals surface area contributed by atoms with Crippen LogP contribution in [-0.4, -0.2) is 36.0 Å². The summed E-state index contributed by atoms with van der Waals surface area (Å²) in [5, 5.41) is 11.8. The average molecular weight is 354 g/mol. The number of methoxy groups -OCH3 is 1. The highest BCUT2D eigenvalue weighted by atomic mass is 16.5. The van der Waals surface area contributed by atoms with E-state index < -0.39 is 12.0 Å². The Balaban J connectivity index is 1.73. The van der Waals surface area contributed by atoms with E-state index in [0.717, 1.165) is 4.90 Å². The predicted molar refractivity (Wildman–Crippen MR) is 95.3 cm³/mol. The number of carbonyl (C=O) groups is 3. The molecule has 7 heteroatoms. The highest BCUT2D eigenvalue weighted by molar-refractivity contribution is 6.23. The molecule has 1 saturated heterocycles. The molecule has 1 aliphatic rings. The number of benzene rings is 2. The fourth-order valence-corrected chi connectivity index (χ4v) is 2.86. The lowest BCUT2D eigenvalue weighted by Crippen LogP contribution is -2.34. The van der Waals surface area contributed by atoms with Gasteiger partial charge in [0.25, 0.3) is 5.91 Å². The molecule has 1 fully saturated rings. The van der Waals surface area contributed by atoms with Crippen LogP contribution >= 0.6 is 0 Å². The van der Waals surface area contributed by atoms with Gasteiger partial charge in [0, 0.05) is 11.8 Å². The van der Waals surface area contributed by atoms with Crippen LogP contribution in [0.3, 0.4) is 0 Å². The molecule has 0 bridgehead atoms. The number of anilines is 2. The molecular formula is C19H18N2O5. The van der Waals surface area contributed by atoms with Gasteiger partial charge in [-0.3, -0.25) is 14.4 Å². The second-order valence-corrected chi connectivity index (χ2v) is 5.94. The smallest absolute Gasteiger partial charge is 0.307 e. The molecule has 0 spiro atoms. The summed E-state index contributed by atoms with van der Waals surface area (Å²) in [4.78, 5) is 36.8. The van der Waals surface area contributed by atoms with E-state index in [1.54, 1.807) is 48.5 Å². The van der Waals surface area contributed by atoms with Gasteiger partial charge in [-0.25, -0.2) is 4.90 Å². The average Bonchev–Trinajstić information content (AvgIpc) is 2.90. The van der Waals surface area contributed by atoms with Crippen LogP contribution in [0, 0.1) is 0 Å². The number of hydrogen-bond donors (Lipinski definition) is 2. The van der Waals surface area contributed by atoms with Gasteiger partial charge in [0.05, 0.1) is 25.6 Å². The fraction of sp³-hybridized carbons (Fsp3) is 0.211. The largest absolute Gasteiger partial charge is 0.497 e. The summed E-state index contributed by atoms with van der Waals surface area (Å²) >= 11 is 0. The van der Waals surface area contributed by atoms with Gasteiger partial charge < -0.3 is 15.2 Å². The molecule has 2 aromatic rings. The molecule has 2 N–H and O–H groups in total. The van der Waals surface area contributed by atoms with E-state index in [1.807, 2.05) is 0 Å². The minimum absolute atomic E-state index is 0.0485. The van der Waals surface area contributed by atoms with Gasteiger partial charge in [-0.05, 0) is 29.8 Å². The first kappa shape index (κ1) is 17.5. The first-order valence-electron chi connectivity index (χ1n) is 8.06. The molecule has 0 aliphatic carbocycles. The van der Waals surface area contributed by atoms with Crippen molar-refractivity contribution in [2.24, 2.45) is 0 Å². The normalized spacial score (nSPS) is 16.7. The maximum Gasteiger partial charge on any atom is 0.307 e. The molecule has 2 aromatic carbocycles. The summed E-state index contributed by atoms with van der Waals surface area (Å²) in [5.41, 5.74) is 1.79. The van der Waals surface area contributed by atoms with Crippen LogP contribution in [-0.2, 0) is 20.8 Å². The summed E-state index contributed by atoms with van der Waals surface area (Å²) in [6.07, 6.45) is -0.0162.